The zero-order valence-corrected chi connectivity index (χ0v) is 34.7. The molecular formula is C42H70O12. The van der Waals surface area contributed by atoms with Gasteiger partial charge in [-0.3, -0.25) is 9.59 Å². The second kappa shape index (κ2) is 15.8. The first kappa shape index (κ1) is 42.2. The van der Waals surface area contributed by atoms with Gasteiger partial charge in [-0.25, -0.2) is 0 Å². The molecule has 0 unspecified atom stereocenters. The fraction of sp³-hybridized carbons (Fsp3) is 0.952. The van der Waals surface area contributed by atoms with E-state index in [9.17, 15) is 19.8 Å². The molecule has 0 saturated carbocycles. The number of carbonyl (C=O) groups excluding carboxylic acids is 1. The van der Waals surface area contributed by atoms with Gasteiger partial charge in [-0.15, -0.1) is 0 Å². The molecule has 0 aromatic heterocycles. The third-order valence-electron chi connectivity index (χ3n) is 14.7. The van der Waals surface area contributed by atoms with Gasteiger partial charge in [0.15, 0.2) is 5.79 Å². The zero-order chi connectivity index (χ0) is 39.5. The molecule has 2 N–H and O–H groups in total. The highest BCUT2D eigenvalue weighted by Crippen LogP contribution is 2.57. The van der Waals surface area contributed by atoms with Crippen LogP contribution in [0.5, 0.6) is 0 Å². The second-order valence-corrected chi connectivity index (χ2v) is 19.0. The fourth-order valence-corrected chi connectivity index (χ4v) is 11.5. The highest BCUT2D eigenvalue weighted by molar-refractivity contribution is 5.70. The number of aliphatic carboxylic acids is 1. The summed E-state index contributed by atoms with van der Waals surface area (Å²) in [6, 6.07) is 0. The maximum absolute atomic E-state index is 11.8. The number of carbonyl (C=O) groups is 2. The Bertz CT molecular complexity index is 1350. The van der Waals surface area contributed by atoms with Crippen molar-refractivity contribution < 1.29 is 57.7 Å². The van der Waals surface area contributed by atoms with E-state index in [1.165, 1.54) is 6.92 Å². The van der Waals surface area contributed by atoms with Crippen LogP contribution in [0.2, 0.25) is 0 Å². The Morgan fingerprint density at radius 2 is 1.57 bits per heavy atom. The van der Waals surface area contributed by atoms with Crippen molar-refractivity contribution in [3.8, 4) is 0 Å². The highest BCUT2D eigenvalue weighted by atomic mass is 16.7. The molecule has 0 aromatic rings. The van der Waals surface area contributed by atoms with Crippen molar-refractivity contribution in [3.63, 3.8) is 0 Å². The Balaban J connectivity index is 1.13. The highest BCUT2D eigenvalue weighted by Gasteiger charge is 2.65. The number of esters is 1. The van der Waals surface area contributed by atoms with Gasteiger partial charge in [-0.1, -0.05) is 41.5 Å². The Morgan fingerprint density at radius 3 is 2.24 bits per heavy atom. The topological polar surface area (TPSA) is 148 Å². The Labute approximate surface area is 322 Å². The van der Waals surface area contributed by atoms with Crippen LogP contribution in [0.25, 0.3) is 0 Å². The van der Waals surface area contributed by atoms with E-state index in [0.717, 1.165) is 51.4 Å². The van der Waals surface area contributed by atoms with Crippen LogP contribution in [0.15, 0.2) is 0 Å². The molecule has 1 spiro atoms. The van der Waals surface area contributed by atoms with Gasteiger partial charge in [0.2, 0.25) is 5.79 Å². The normalized spacial score (nSPS) is 51.7. The SMILES string of the molecule is CO[C@@H]1C[C@@H](C[C@H]2CC[C@H](C)[C@H]([C@@H](C)C(=O)O)O2)O[C@]2(O[C@](C)([C@H]3CC[C@@](C)([C@@H]4O[C@@H]([C@H]5O[C@@](O)(COC(C)=O)[C@H](C)C[C@@H]5C)C[C@@H]4C)O3)C[C@H]2C)[C@@H]1C. The number of hydrogen-bond acceptors (Lipinski definition) is 11. The van der Waals surface area contributed by atoms with Crippen LogP contribution in [0.3, 0.4) is 0 Å². The van der Waals surface area contributed by atoms with E-state index in [2.05, 4.69) is 48.5 Å². The van der Waals surface area contributed by atoms with Crippen LogP contribution >= 0.6 is 0 Å². The van der Waals surface area contributed by atoms with Crippen molar-refractivity contribution in [3.05, 3.63) is 0 Å². The van der Waals surface area contributed by atoms with Crippen molar-refractivity contribution >= 4 is 11.9 Å². The third-order valence-corrected chi connectivity index (χ3v) is 14.7. The lowest BCUT2D eigenvalue weighted by Crippen LogP contribution is -2.58. The maximum atomic E-state index is 11.8. The molecule has 0 aromatic carbocycles. The van der Waals surface area contributed by atoms with Crippen molar-refractivity contribution in [2.45, 2.75) is 199 Å². The van der Waals surface area contributed by atoms with Crippen molar-refractivity contribution in [2.75, 3.05) is 13.7 Å². The van der Waals surface area contributed by atoms with E-state index >= 15 is 0 Å². The second-order valence-electron chi connectivity index (χ2n) is 19.0. The molecule has 6 fully saturated rings. The van der Waals surface area contributed by atoms with Gasteiger partial charge < -0.3 is 48.1 Å². The Kier molecular flexibility index (Phi) is 12.3. The average molecular weight is 767 g/mol. The zero-order valence-electron chi connectivity index (χ0n) is 34.7. The van der Waals surface area contributed by atoms with Gasteiger partial charge in [-0.2, -0.15) is 0 Å². The summed E-state index contributed by atoms with van der Waals surface area (Å²) in [5, 5.41) is 21.1. The summed E-state index contributed by atoms with van der Waals surface area (Å²) in [6.45, 7) is 20.0. The summed E-state index contributed by atoms with van der Waals surface area (Å²) in [7, 11) is 1.76. The molecule has 0 bridgehead atoms. The largest absolute Gasteiger partial charge is 0.481 e. The minimum atomic E-state index is -1.56. The van der Waals surface area contributed by atoms with E-state index in [-0.39, 0.29) is 90.9 Å². The summed E-state index contributed by atoms with van der Waals surface area (Å²) in [5.74, 6) is -3.87. The molecule has 6 aliphatic rings. The van der Waals surface area contributed by atoms with Crippen molar-refractivity contribution in [1.29, 1.82) is 0 Å². The number of carboxylic acids is 1. The number of aliphatic hydroxyl groups is 1. The van der Waals surface area contributed by atoms with E-state index in [4.69, 9.17) is 37.9 Å². The third kappa shape index (κ3) is 7.90. The van der Waals surface area contributed by atoms with Crippen LogP contribution < -0.4 is 0 Å². The summed E-state index contributed by atoms with van der Waals surface area (Å²) in [6.07, 6.45) is 5.56. The van der Waals surface area contributed by atoms with E-state index in [0.29, 0.717) is 6.42 Å². The summed E-state index contributed by atoms with van der Waals surface area (Å²) >= 11 is 0. The average Bonchev–Trinajstić information content (AvgIpc) is 3.78. The number of rotatable bonds is 10. The van der Waals surface area contributed by atoms with Crippen LogP contribution in [0.4, 0.5) is 0 Å². The number of ether oxygens (including phenoxy) is 8. The number of carboxylic acid groups (broad SMARTS) is 1. The quantitative estimate of drug-likeness (QED) is 0.241. The Morgan fingerprint density at radius 1 is 0.852 bits per heavy atom. The fourth-order valence-electron chi connectivity index (χ4n) is 11.5. The molecule has 6 saturated heterocycles. The first-order valence-electron chi connectivity index (χ1n) is 20.9. The molecule has 6 heterocycles. The molecule has 310 valence electrons. The molecule has 54 heavy (non-hydrogen) atoms. The predicted molar refractivity (Wildman–Crippen MR) is 198 cm³/mol. The molecule has 12 heteroatoms. The lowest BCUT2D eigenvalue weighted by Gasteiger charge is -2.50. The molecular weight excluding hydrogens is 696 g/mol. The van der Waals surface area contributed by atoms with E-state index in [1.807, 2.05) is 6.92 Å². The van der Waals surface area contributed by atoms with Gasteiger partial charge in [0.1, 0.15) is 6.61 Å². The molecule has 19 atom stereocenters. The summed E-state index contributed by atoms with van der Waals surface area (Å²) in [5.41, 5.74) is -1.14. The van der Waals surface area contributed by atoms with Gasteiger partial charge in [-0.05, 0) is 83.5 Å². The van der Waals surface area contributed by atoms with Gasteiger partial charge >= 0.3 is 11.9 Å². The van der Waals surface area contributed by atoms with E-state index < -0.39 is 40.6 Å². The monoisotopic (exact) mass is 766 g/mol. The standard InChI is InChI=1S/C42H70O12/c1-22-12-13-30(49-35(22)27(6)38(44)45)18-31-19-32(47-11)28(7)42(51-31)26(5)20-40(10,54-42)34-14-15-39(9,52-34)37-24(3)17-33(50-37)36-23(2)16-25(4)41(46,53-36)21-48-29(8)43/h22-28,30-37,46H,12-21H2,1-11H3,(H,44,45)/t22-,23-,24-,25+,26+,27+,28+,30+,31+,32+,33+,34+,35+,36-,37+,39-,40-,41-,42+/m0/s1. The minimum Gasteiger partial charge on any atom is -0.481 e. The summed E-state index contributed by atoms with van der Waals surface area (Å²) in [4.78, 5) is 23.4. The van der Waals surface area contributed by atoms with Crippen LogP contribution in [0.1, 0.15) is 127 Å². The Hall–Kier alpha value is -1.38. The molecule has 0 aliphatic carbocycles. The molecule has 6 rings (SSSR count). The van der Waals surface area contributed by atoms with Crippen LogP contribution in [-0.2, 0) is 47.5 Å². The molecule has 0 amide bonds. The van der Waals surface area contributed by atoms with Crippen molar-refractivity contribution in [1.82, 2.24) is 0 Å². The number of hydrogen-bond donors (Lipinski definition) is 2. The van der Waals surface area contributed by atoms with Gasteiger partial charge in [0.25, 0.3) is 0 Å². The molecule has 0 radical (unpaired) electrons. The molecule has 6 aliphatic heterocycles. The summed E-state index contributed by atoms with van der Waals surface area (Å²) < 4.78 is 52.5. The maximum Gasteiger partial charge on any atom is 0.308 e. The number of methoxy groups -OCH3 is 1. The van der Waals surface area contributed by atoms with E-state index in [1.54, 1.807) is 14.0 Å². The first-order valence-corrected chi connectivity index (χ1v) is 20.9. The van der Waals surface area contributed by atoms with Gasteiger partial charge in [0, 0.05) is 44.6 Å². The lowest BCUT2D eigenvalue weighted by molar-refractivity contribution is -0.353. The van der Waals surface area contributed by atoms with Gasteiger partial charge in [0.05, 0.1) is 66.0 Å². The minimum absolute atomic E-state index is 0.0194. The van der Waals surface area contributed by atoms with Crippen LogP contribution in [-0.4, -0.2) is 107 Å². The van der Waals surface area contributed by atoms with Crippen molar-refractivity contribution in [2.24, 2.45) is 41.4 Å². The first-order chi connectivity index (χ1) is 25.2. The smallest absolute Gasteiger partial charge is 0.308 e. The lowest BCUT2D eigenvalue weighted by atomic mass is 9.78. The molecule has 12 nitrogen and oxygen atoms in total. The predicted octanol–water partition coefficient (Wildman–Crippen LogP) is 6.28. The van der Waals surface area contributed by atoms with Crippen LogP contribution in [0, 0.1) is 41.4 Å².